The number of nitrogens with zero attached hydrogens (tertiary/aromatic N) is 2. The van der Waals surface area contributed by atoms with Gasteiger partial charge in [0.05, 0.1) is 13.7 Å². The third-order valence-corrected chi connectivity index (χ3v) is 4.70. The molecule has 3 rings (SSSR count). The summed E-state index contributed by atoms with van der Waals surface area (Å²) in [5.41, 5.74) is 2.10. The first-order valence-electron chi connectivity index (χ1n) is 8.29. The van der Waals surface area contributed by atoms with Gasteiger partial charge in [-0.25, -0.2) is 4.98 Å². The highest BCUT2D eigenvalue weighted by Crippen LogP contribution is 2.22. The Labute approximate surface area is 161 Å². The van der Waals surface area contributed by atoms with Crippen molar-refractivity contribution in [3.05, 3.63) is 71.2 Å². The van der Waals surface area contributed by atoms with E-state index in [-0.39, 0.29) is 11.8 Å². The zero-order chi connectivity index (χ0) is 19.2. The van der Waals surface area contributed by atoms with Crippen LogP contribution >= 0.6 is 11.3 Å². The van der Waals surface area contributed by atoms with Crippen molar-refractivity contribution in [3.63, 3.8) is 0 Å². The van der Waals surface area contributed by atoms with Crippen molar-refractivity contribution in [3.8, 4) is 5.75 Å². The van der Waals surface area contributed by atoms with Crippen molar-refractivity contribution < 1.29 is 14.3 Å². The molecule has 0 aliphatic rings. The third kappa shape index (κ3) is 4.71. The van der Waals surface area contributed by atoms with Crippen LogP contribution < -0.4 is 15.0 Å². The summed E-state index contributed by atoms with van der Waals surface area (Å²) >= 11 is 1.41. The van der Waals surface area contributed by atoms with Gasteiger partial charge in [0.2, 0.25) is 5.91 Å². The van der Waals surface area contributed by atoms with E-state index in [0.29, 0.717) is 28.7 Å². The van der Waals surface area contributed by atoms with E-state index in [1.54, 1.807) is 42.5 Å². The summed E-state index contributed by atoms with van der Waals surface area (Å²) in [5.74, 6) is 0.399. The van der Waals surface area contributed by atoms with Crippen molar-refractivity contribution in [1.29, 1.82) is 0 Å². The van der Waals surface area contributed by atoms with Crippen LogP contribution in [0.25, 0.3) is 0 Å². The highest BCUT2D eigenvalue weighted by Gasteiger charge is 2.15. The maximum absolute atomic E-state index is 12.4. The van der Waals surface area contributed by atoms with Gasteiger partial charge in [0.25, 0.3) is 5.91 Å². The van der Waals surface area contributed by atoms with Gasteiger partial charge in [-0.05, 0) is 42.0 Å². The second-order valence-corrected chi connectivity index (χ2v) is 6.68. The number of ether oxygens (including phenoxy) is 1. The Kier molecular flexibility index (Phi) is 5.83. The Bertz CT molecular complexity index is 924. The van der Waals surface area contributed by atoms with Crippen LogP contribution in [0.15, 0.2) is 60.1 Å². The van der Waals surface area contributed by atoms with E-state index in [0.717, 1.165) is 5.56 Å². The Hall–Kier alpha value is -3.19. The number of hydrogen-bond donors (Lipinski definition) is 1. The van der Waals surface area contributed by atoms with E-state index in [1.807, 2.05) is 29.6 Å². The minimum Gasteiger partial charge on any atom is -0.497 e. The lowest BCUT2D eigenvalue weighted by molar-refractivity contribution is -0.116. The standard InChI is InChI=1S/C20H19N3O3S/c1-14(24)23(20-21-10-11-27-20)13-15-4-3-5-17(12-15)22-19(25)16-6-8-18(26-2)9-7-16/h3-12H,13H2,1-2H3,(H,22,25). The number of rotatable bonds is 6. The van der Waals surface area contributed by atoms with Gasteiger partial charge in [0, 0.05) is 29.8 Å². The number of hydrogen-bond acceptors (Lipinski definition) is 5. The normalized spacial score (nSPS) is 10.3. The van der Waals surface area contributed by atoms with Crippen LogP contribution in [0, 0.1) is 0 Å². The lowest BCUT2D eigenvalue weighted by Crippen LogP contribution is -2.27. The van der Waals surface area contributed by atoms with E-state index in [9.17, 15) is 9.59 Å². The van der Waals surface area contributed by atoms with Crippen molar-refractivity contribution in [2.75, 3.05) is 17.3 Å². The van der Waals surface area contributed by atoms with E-state index in [4.69, 9.17) is 4.74 Å². The summed E-state index contributed by atoms with van der Waals surface area (Å²) in [6.07, 6.45) is 1.67. The summed E-state index contributed by atoms with van der Waals surface area (Å²) in [4.78, 5) is 30.2. The third-order valence-electron chi connectivity index (χ3n) is 3.91. The lowest BCUT2D eigenvalue weighted by atomic mass is 10.1. The molecule has 2 amide bonds. The van der Waals surface area contributed by atoms with E-state index >= 15 is 0 Å². The van der Waals surface area contributed by atoms with E-state index < -0.39 is 0 Å². The van der Waals surface area contributed by atoms with Gasteiger partial charge in [-0.15, -0.1) is 11.3 Å². The first-order valence-corrected chi connectivity index (χ1v) is 9.16. The number of nitrogens with one attached hydrogen (secondary N) is 1. The van der Waals surface area contributed by atoms with Crippen LogP contribution in [0.5, 0.6) is 5.75 Å². The zero-order valence-corrected chi connectivity index (χ0v) is 15.8. The number of benzene rings is 2. The molecule has 138 valence electrons. The molecule has 2 aromatic carbocycles. The van der Waals surface area contributed by atoms with Gasteiger partial charge in [-0.2, -0.15) is 0 Å². The molecule has 0 saturated heterocycles. The molecular weight excluding hydrogens is 362 g/mol. The molecule has 1 heterocycles. The number of amides is 2. The average Bonchev–Trinajstić information content (AvgIpc) is 3.20. The smallest absolute Gasteiger partial charge is 0.255 e. The van der Waals surface area contributed by atoms with Crippen LogP contribution in [0.2, 0.25) is 0 Å². The number of carbonyl (C=O) groups is 2. The molecule has 3 aromatic rings. The lowest BCUT2D eigenvalue weighted by Gasteiger charge is -2.18. The monoisotopic (exact) mass is 381 g/mol. The van der Waals surface area contributed by atoms with Crippen LogP contribution in [0.4, 0.5) is 10.8 Å². The quantitative estimate of drug-likeness (QED) is 0.702. The van der Waals surface area contributed by atoms with Crippen molar-refractivity contribution in [2.45, 2.75) is 13.5 Å². The fourth-order valence-electron chi connectivity index (χ4n) is 2.54. The van der Waals surface area contributed by atoms with Crippen molar-refractivity contribution in [1.82, 2.24) is 4.98 Å². The number of methoxy groups -OCH3 is 1. The van der Waals surface area contributed by atoms with Gasteiger partial charge in [-0.1, -0.05) is 12.1 Å². The maximum Gasteiger partial charge on any atom is 0.255 e. The van der Waals surface area contributed by atoms with Gasteiger partial charge >= 0.3 is 0 Å². The summed E-state index contributed by atoms with van der Waals surface area (Å²) < 4.78 is 5.10. The fraction of sp³-hybridized carbons (Fsp3) is 0.150. The molecule has 0 spiro atoms. The summed E-state index contributed by atoms with van der Waals surface area (Å²) in [6, 6.07) is 14.3. The zero-order valence-electron chi connectivity index (χ0n) is 15.0. The number of carbonyl (C=O) groups excluding carboxylic acids is 2. The van der Waals surface area contributed by atoms with Crippen LogP contribution in [-0.4, -0.2) is 23.9 Å². The molecule has 0 aliphatic carbocycles. The minimum absolute atomic E-state index is 0.0855. The highest BCUT2D eigenvalue weighted by molar-refractivity contribution is 7.13. The molecule has 0 fully saturated rings. The Balaban J connectivity index is 1.72. The summed E-state index contributed by atoms with van der Waals surface area (Å²) in [7, 11) is 1.58. The van der Waals surface area contributed by atoms with Crippen molar-refractivity contribution in [2.24, 2.45) is 0 Å². The predicted octanol–water partition coefficient (Wildman–Crippen LogP) is 3.96. The molecule has 0 bridgehead atoms. The average molecular weight is 381 g/mol. The van der Waals surface area contributed by atoms with E-state index in [2.05, 4.69) is 10.3 Å². The van der Waals surface area contributed by atoms with Crippen LogP contribution in [0.3, 0.4) is 0 Å². The SMILES string of the molecule is COc1ccc(C(=O)Nc2cccc(CN(C(C)=O)c3nccs3)c2)cc1. The molecule has 6 nitrogen and oxygen atoms in total. The van der Waals surface area contributed by atoms with Gasteiger partial charge in [0.1, 0.15) is 5.75 Å². The predicted molar refractivity (Wildman–Crippen MR) is 106 cm³/mol. The Morgan fingerprint density at radius 2 is 1.96 bits per heavy atom. The maximum atomic E-state index is 12.4. The second kappa shape index (κ2) is 8.46. The molecule has 7 heteroatoms. The number of anilines is 2. The van der Waals surface area contributed by atoms with Gasteiger partial charge < -0.3 is 10.1 Å². The van der Waals surface area contributed by atoms with Crippen molar-refractivity contribution >= 4 is 34.0 Å². The second-order valence-electron chi connectivity index (χ2n) is 5.80. The molecule has 1 aromatic heterocycles. The first kappa shape index (κ1) is 18.6. The topological polar surface area (TPSA) is 71.5 Å². The molecule has 0 saturated carbocycles. The fourth-order valence-corrected chi connectivity index (χ4v) is 3.22. The van der Waals surface area contributed by atoms with Crippen LogP contribution in [-0.2, 0) is 11.3 Å². The highest BCUT2D eigenvalue weighted by atomic mass is 32.1. The summed E-state index contributed by atoms with van der Waals surface area (Å²) in [5, 5.41) is 5.36. The van der Waals surface area contributed by atoms with Crippen LogP contribution in [0.1, 0.15) is 22.8 Å². The molecule has 1 N–H and O–H groups in total. The van der Waals surface area contributed by atoms with Gasteiger partial charge in [-0.3, -0.25) is 14.5 Å². The molecule has 0 atom stereocenters. The molecule has 0 radical (unpaired) electrons. The number of aromatic nitrogens is 1. The Morgan fingerprint density at radius 1 is 1.19 bits per heavy atom. The molecule has 27 heavy (non-hydrogen) atoms. The molecule has 0 aliphatic heterocycles. The van der Waals surface area contributed by atoms with Gasteiger partial charge in [0.15, 0.2) is 5.13 Å². The number of thiazole rings is 1. The minimum atomic E-state index is -0.210. The first-order chi connectivity index (χ1) is 13.1. The summed E-state index contributed by atoms with van der Waals surface area (Å²) in [6.45, 7) is 1.89. The largest absolute Gasteiger partial charge is 0.497 e. The van der Waals surface area contributed by atoms with E-state index in [1.165, 1.54) is 18.3 Å². The Morgan fingerprint density at radius 3 is 2.59 bits per heavy atom. The molecular formula is C20H19N3O3S. The molecule has 0 unspecified atom stereocenters.